The van der Waals surface area contributed by atoms with Crippen molar-refractivity contribution in [3.05, 3.63) is 117 Å². The summed E-state index contributed by atoms with van der Waals surface area (Å²) in [7, 11) is 0. The summed E-state index contributed by atoms with van der Waals surface area (Å²) in [6.07, 6.45) is 0. The van der Waals surface area contributed by atoms with Crippen LogP contribution in [0.4, 0.5) is 5.69 Å². The first-order chi connectivity index (χ1) is 14.4. The second-order valence-corrected chi connectivity index (χ2v) is 6.78. The molecule has 0 aliphatic carbocycles. The van der Waals surface area contributed by atoms with Crippen molar-refractivity contribution in [3.8, 4) is 0 Å². The maximum Gasteiger partial charge on any atom is 0.269 e. The number of carbonyl (C=O) groups excluding carboxylic acids is 2. The molecule has 0 spiro atoms. The number of amides is 1. The van der Waals surface area contributed by atoms with Crippen molar-refractivity contribution in [2.45, 2.75) is 5.72 Å². The van der Waals surface area contributed by atoms with Crippen molar-refractivity contribution in [3.63, 3.8) is 0 Å². The lowest BCUT2D eigenvalue weighted by Crippen LogP contribution is -2.43. The molecule has 0 aromatic heterocycles. The summed E-state index contributed by atoms with van der Waals surface area (Å²) in [4.78, 5) is 36.7. The fourth-order valence-corrected chi connectivity index (χ4v) is 3.52. The summed E-state index contributed by atoms with van der Waals surface area (Å²) in [5.41, 5.74) is -1.41. The van der Waals surface area contributed by atoms with Crippen molar-refractivity contribution < 1.29 is 19.6 Å². The number of hydrogen-bond donors (Lipinski definition) is 2. The normalized spacial score (nSPS) is 18.2. The standard InChI is InChI=1S/C23H16N2O5/c26-21(16-7-3-1-4-8-16)20-19(15-11-13-18(14-12-15)25(29)30)22(27)24-23(20,28)17-9-5-2-6-10-17/h1-14,28H,(H,24,27). The number of nitrogens with zero attached hydrogens (tertiary/aromatic N) is 1. The Morgan fingerprint density at radius 3 is 2.03 bits per heavy atom. The van der Waals surface area contributed by atoms with Gasteiger partial charge in [-0.1, -0.05) is 60.7 Å². The zero-order valence-corrected chi connectivity index (χ0v) is 15.6. The second kappa shape index (κ2) is 7.38. The molecule has 1 atom stereocenters. The Hall–Kier alpha value is -4.10. The fourth-order valence-electron chi connectivity index (χ4n) is 3.52. The van der Waals surface area contributed by atoms with E-state index in [1.54, 1.807) is 60.7 Å². The largest absolute Gasteiger partial charge is 0.363 e. The molecule has 0 saturated carbocycles. The van der Waals surface area contributed by atoms with Crippen LogP contribution in [0.25, 0.3) is 5.57 Å². The van der Waals surface area contributed by atoms with Crippen LogP contribution in [0.5, 0.6) is 0 Å². The summed E-state index contributed by atoms with van der Waals surface area (Å²) in [5.74, 6) is -1.16. The van der Waals surface area contributed by atoms with Gasteiger partial charge in [0, 0.05) is 23.3 Å². The van der Waals surface area contributed by atoms with E-state index in [9.17, 15) is 24.8 Å². The van der Waals surface area contributed by atoms with Gasteiger partial charge in [0.25, 0.3) is 11.6 Å². The lowest BCUT2D eigenvalue weighted by molar-refractivity contribution is -0.384. The van der Waals surface area contributed by atoms with Gasteiger partial charge in [0.05, 0.1) is 16.1 Å². The molecule has 0 fully saturated rings. The predicted molar refractivity (Wildman–Crippen MR) is 109 cm³/mol. The van der Waals surface area contributed by atoms with Crippen molar-refractivity contribution in [2.24, 2.45) is 0 Å². The molecule has 0 bridgehead atoms. The van der Waals surface area contributed by atoms with E-state index in [0.717, 1.165) is 0 Å². The van der Waals surface area contributed by atoms with E-state index >= 15 is 0 Å². The Morgan fingerprint density at radius 1 is 0.900 bits per heavy atom. The minimum absolute atomic E-state index is 0.0231. The quantitative estimate of drug-likeness (QED) is 0.388. The monoisotopic (exact) mass is 400 g/mol. The molecule has 3 aromatic carbocycles. The van der Waals surface area contributed by atoms with Gasteiger partial charge in [0.1, 0.15) is 0 Å². The highest BCUT2D eigenvalue weighted by Crippen LogP contribution is 2.40. The van der Waals surface area contributed by atoms with Crippen molar-refractivity contribution in [1.29, 1.82) is 0 Å². The molecule has 4 rings (SSSR count). The Kier molecular flexibility index (Phi) is 4.73. The molecule has 7 heteroatoms. The maximum absolute atomic E-state index is 13.4. The minimum Gasteiger partial charge on any atom is -0.363 e. The molecule has 1 unspecified atom stereocenters. The van der Waals surface area contributed by atoms with E-state index in [-0.39, 0.29) is 16.8 Å². The lowest BCUT2D eigenvalue weighted by atomic mass is 9.86. The van der Waals surface area contributed by atoms with Crippen LogP contribution in [0.1, 0.15) is 21.5 Å². The predicted octanol–water partition coefficient (Wildman–Crippen LogP) is 3.21. The van der Waals surface area contributed by atoms with Gasteiger partial charge in [-0.15, -0.1) is 0 Å². The summed E-state index contributed by atoms with van der Waals surface area (Å²) in [6.45, 7) is 0. The number of rotatable bonds is 5. The highest BCUT2D eigenvalue weighted by atomic mass is 16.6. The molecule has 1 amide bonds. The Bertz CT molecular complexity index is 1170. The Balaban J connectivity index is 1.95. The molecule has 0 saturated heterocycles. The number of carbonyl (C=O) groups is 2. The zero-order valence-electron chi connectivity index (χ0n) is 15.6. The van der Waals surface area contributed by atoms with Crippen molar-refractivity contribution in [1.82, 2.24) is 5.32 Å². The van der Waals surface area contributed by atoms with Gasteiger partial charge in [-0.3, -0.25) is 19.7 Å². The molecule has 1 heterocycles. The first-order valence-corrected chi connectivity index (χ1v) is 9.11. The van der Waals surface area contributed by atoms with E-state index < -0.39 is 22.3 Å². The molecule has 1 aliphatic rings. The van der Waals surface area contributed by atoms with E-state index in [1.807, 2.05) is 0 Å². The minimum atomic E-state index is -2.04. The highest BCUT2D eigenvalue weighted by molar-refractivity contribution is 6.32. The number of benzene rings is 3. The third kappa shape index (κ3) is 3.17. The third-order valence-electron chi connectivity index (χ3n) is 4.95. The van der Waals surface area contributed by atoms with Gasteiger partial charge in [0.2, 0.25) is 0 Å². The van der Waals surface area contributed by atoms with E-state index in [1.165, 1.54) is 24.3 Å². The molecule has 0 radical (unpaired) electrons. The molecule has 148 valence electrons. The SMILES string of the molecule is O=C1NC(O)(c2ccccc2)C(C(=O)c2ccccc2)=C1c1ccc([N+](=O)[O-])cc1. The molecule has 7 nitrogen and oxygen atoms in total. The third-order valence-corrected chi connectivity index (χ3v) is 4.95. The molecule has 1 aliphatic heterocycles. The molecular formula is C23H16N2O5. The van der Waals surface area contributed by atoms with Gasteiger partial charge in [-0.2, -0.15) is 0 Å². The molecule has 30 heavy (non-hydrogen) atoms. The van der Waals surface area contributed by atoms with Crippen LogP contribution in [0.15, 0.2) is 90.5 Å². The van der Waals surface area contributed by atoms with Crippen LogP contribution in [-0.4, -0.2) is 21.7 Å². The number of nitro groups is 1. The molecular weight excluding hydrogens is 384 g/mol. The summed E-state index contributed by atoms with van der Waals surface area (Å²) >= 11 is 0. The molecule has 3 aromatic rings. The second-order valence-electron chi connectivity index (χ2n) is 6.78. The van der Waals surface area contributed by atoms with E-state index in [0.29, 0.717) is 16.7 Å². The fraction of sp³-hybridized carbons (Fsp3) is 0.0435. The average molecular weight is 400 g/mol. The van der Waals surface area contributed by atoms with Crippen LogP contribution in [0.3, 0.4) is 0 Å². The molecule has 2 N–H and O–H groups in total. The van der Waals surface area contributed by atoms with E-state index in [2.05, 4.69) is 5.32 Å². The number of Topliss-reactive ketones (excluding diaryl/α,β-unsaturated/α-hetero) is 1. The van der Waals surface area contributed by atoms with Crippen molar-refractivity contribution >= 4 is 23.0 Å². The highest BCUT2D eigenvalue weighted by Gasteiger charge is 2.48. The van der Waals surface area contributed by atoms with Gasteiger partial charge in [-0.05, 0) is 17.7 Å². The Labute approximate surface area is 171 Å². The van der Waals surface area contributed by atoms with Crippen LogP contribution in [0.2, 0.25) is 0 Å². The van der Waals surface area contributed by atoms with Crippen LogP contribution < -0.4 is 5.32 Å². The summed E-state index contributed by atoms with van der Waals surface area (Å²) < 4.78 is 0. The van der Waals surface area contributed by atoms with Crippen LogP contribution in [0, 0.1) is 10.1 Å². The van der Waals surface area contributed by atoms with Gasteiger partial charge >= 0.3 is 0 Å². The first kappa shape index (κ1) is 19.2. The van der Waals surface area contributed by atoms with E-state index in [4.69, 9.17) is 0 Å². The number of nitrogens with one attached hydrogen (secondary N) is 1. The average Bonchev–Trinajstić information content (AvgIpc) is 3.05. The van der Waals surface area contributed by atoms with Crippen LogP contribution in [-0.2, 0) is 10.5 Å². The van der Waals surface area contributed by atoms with Gasteiger partial charge in [0.15, 0.2) is 11.5 Å². The number of hydrogen-bond acceptors (Lipinski definition) is 5. The maximum atomic E-state index is 13.4. The van der Waals surface area contributed by atoms with Gasteiger partial charge in [-0.25, -0.2) is 0 Å². The lowest BCUT2D eigenvalue weighted by Gasteiger charge is -2.26. The Morgan fingerprint density at radius 2 is 1.47 bits per heavy atom. The number of non-ortho nitro benzene ring substituents is 1. The number of nitro benzene ring substituents is 1. The first-order valence-electron chi connectivity index (χ1n) is 9.11. The summed E-state index contributed by atoms with van der Waals surface area (Å²) in [5, 5.41) is 25.0. The van der Waals surface area contributed by atoms with Crippen LogP contribution >= 0.6 is 0 Å². The van der Waals surface area contributed by atoms with Gasteiger partial charge < -0.3 is 10.4 Å². The summed E-state index contributed by atoms with van der Waals surface area (Å²) in [6, 6.07) is 21.9. The zero-order chi connectivity index (χ0) is 21.3. The number of aliphatic hydroxyl groups is 1. The smallest absolute Gasteiger partial charge is 0.269 e. The topological polar surface area (TPSA) is 110 Å². The number of ketones is 1. The van der Waals surface area contributed by atoms with Crippen molar-refractivity contribution in [2.75, 3.05) is 0 Å².